The minimum absolute atomic E-state index is 0.0632. The Morgan fingerprint density at radius 3 is 2.52 bits per heavy atom. The van der Waals surface area contributed by atoms with E-state index in [0.717, 1.165) is 23.4 Å². The molecule has 116 valence electrons. The molecule has 21 heavy (non-hydrogen) atoms. The standard InChI is InChI=1S/C18H27NO2/c1-3-4-5-6-7-8-9-18-19-17(14-21-18)15-10-12-16(20-2)13-11-15/h10-13,18H,3-9,14H2,1-2H3. The molecule has 3 nitrogen and oxygen atoms in total. The van der Waals surface area contributed by atoms with Crippen LogP contribution in [0.2, 0.25) is 0 Å². The fourth-order valence-corrected chi connectivity index (χ4v) is 2.61. The number of ether oxygens (including phenoxy) is 2. The van der Waals surface area contributed by atoms with E-state index in [0.29, 0.717) is 6.61 Å². The van der Waals surface area contributed by atoms with Crippen LogP contribution in [0.5, 0.6) is 5.75 Å². The van der Waals surface area contributed by atoms with Gasteiger partial charge in [0.1, 0.15) is 12.0 Å². The van der Waals surface area contributed by atoms with Crippen LogP contribution < -0.4 is 4.74 Å². The van der Waals surface area contributed by atoms with Crippen LogP contribution in [-0.2, 0) is 4.74 Å². The van der Waals surface area contributed by atoms with Gasteiger partial charge >= 0.3 is 0 Å². The lowest BCUT2D eigenvalue weighted by Crippen LogP contribution is -2.04. The number of aliphatic imine (C=N–C) groups is 1. The van der Waals surface area contributed by atoms with Gasteiger partial charge in [0, 0.05) is 0 Å². The Labute approximate surface area is 128 Å². The molecule has 2 rings (SSSR count). The van der Waals surface area contributed by atoms with E-state index in [9.17, 15) is 0 Å². The zero-order valence-corrected chi connectivity index (χ0v) is 13.3. The third-order valence-electron chi connectivity index (χ3n) is 3.94. The second-order valence-electron chi connectivity index (χ2n) is 5.63. The van der Waals surface area contributed by atoms with E-state index in [1.54, 1.807) is 7.11 Å². The number of hydrogen-bond donors (Lipinski definition) is 0. The molecule has 1 unspecified atom stereocenters. The number of rotatable bonds is 9. The maximum atomic E-state index is 5.77. The lowest BCUT2D eigenvalue weighted by molar-refractivity contribution is 0.0997. The summed E-state index contributed by atoms with van der Waals surface area (Å²) in [6.07, 6.45) is 9.00. The van der Waals surface area contributed by atoms with Gasteiger partial charge in [-0.1, -0.05) is 39.0 Å². The third-order valence-corrected chi connectivity index (χ3v) is 3.94. The van der Waals surface area contributed by atoms with Crippen LogP contribution >= 0.6 is 0 Å². The van der Waals surface area contributed by atoms with E-state index >= 15 is 0 Å². The highest BCUT2D eigenvalue weighted by Crippen LogP contribution is 2.19. The molecule has 0 fully saturated rings. The zero-order valence-electron chi connectivity index (χ0n) is 13.3. The Hall–Kier alpha value is -1.35. The molecule has 0 spiro atoms. The van der Waals surface area contributed by atoms with Gasteiger partial charge in [0.05, 0.1) is 19.4 Å². The number of nitrogens with zero attached hydrogens (tertiary/aromatic N) is 1. The summed E-state index contributed by atoms with van der Waals surface area (Å²) in [5.74, 6) is 0.877. The number of hydrogen-bond acceptors (Lipinski definition) is 3. The first-order valence-corrected chi connectivity index (χ1v) is 8.16. The Kier molecular flexibility index (Phi) is 6.74. The first-order chi connectivity index (χ1) is 10.3. The van der Waals surface area contributed by atoms with Gasteiger partial charge in [0.2, 0.25) is 0 Å². The molecule has 0 amide bonds. The molecular formula is C18H27NO2. The first kappa shape index (κ1) is 16.0. The molecule has 0 bridgehead atoms. The molecule has 0 aliphatic carbocycles. The van der Waals surface area contributed by atoms with Gasteiger partial charge in [-0.2, -0.15) is 0 Å². The Morgan fingerprint density at radius 1 is 1.10 bits per heavy atom. The van der Waals surface area contributed by atoms with Crippen LogP contribution in [0.4, 0.5) is 0 Å². The predicted octanol–water partition coefficient (Wildman–Crippen LogP) is 4.59. The van der Waals surface area contributed by atoms with Crippen molar-refractivity contribution in [2.45, 2.75) is 58.1 Å². The van der Waals surface area contributed by atoms with Crippen molar-refractivity contribution in [3.05, 3.63) is 29.8 Å². The number of benzene rings is 1. The van der Waals surface area contributed by atoms with Crippen LogP contribution in [0, 0.1) is 0 Å². The lowest BCUT2D eigenvalue weighted by Gasteiger charge is -2.06. The van der Waals surface area contributed by atoms with Gasteiger partial charge in [-0.05, 0) is 42.7 Å². The average Bonchev–Trinajstić information content (AvgIpc) is 3.00. The number of methoxy groups -OCH3 is 1. The molecular weight excluding hydrogens is 262 g/mol. The maximum absolute atomic E-state index is 5.77. The highest BCUT2D eigenvalue weighted by Gasteiger charge is 2.18. The maximum Gasteiger partial charge on any atom is 0.149 e. The van der Waals surface area contributed by atoms with Crippen LogP contribution in [0.15, 0.2) is 29.3 Å². The Morgan fingerprint density at radius 2 is 1.81 bits per heavy atom. The van der Waals surface area contributed by atoms with Crippen molar-refractivity contribution in [2.24, 2.45) is 4.99 Å². The van der Waals surface area contributed by atoms with Crippen molar-refractivity contribution >= 4 is 5.71 Å². The minimum atomic E-state index is 0.0632. The fraction of sp³-hybridized carbons (Fsp3) is 0.611. The molecule has 0 radical (unpaired) electrons. The molecule has 1 heterocycles. The predicted molar refractivity (Wildman–Crippen MR) is 87.3 cm³/mol. The van der Waals surface area contributed by atoms with Gasteiger partial charge in [-0.25, -0.2) is 0 Å². The van der Waals surface area contributed by atoms with Crippen LogP contribution in [0.3, 0.4) is 0 Å². The first-order valence-electron chi connectivity index (χ1n) is 8.16. The molecule has 1 aliphatic heterocycles. The van der Waals surface area contributed by atoms with E-state index in [1.807, 2.05) is 24.3 Å². The largest absolute Gasteiger partial charge is 0.497 e. The van der Waals surface area contributed by atoms with Crippen molar-refractivity contribution in [2.75, 3.05) is 13.7 Å². The molecule has 1 atom stereocenters. The summed E-state index contributed by atoms with van der Waals surface area (Å²) in [6, 6.07) is 8.04. The highest BCUT2D eigenvalue weighted by molar-refractivity contribution is 6.02. The van der Waals surface area contributed by atoms with Crippen molar-refractivity contribution in [3.63, 3.8) is 0 Å². The van der Waals surface area contributed by atoms with Crippen LogP contribution in [0.1, 0.15) is 57.4 Å². The van der Waals surface area contributed by atoms with Gasteiger partial charge in [0.15, 0.2) is 0 Å². The van der Waals surface area contributed by atoms with E-state index in [2.05, 4.69) is 6.92 Å². The quantitative estimate of drug-likeness (QED) is 0.622. The summed E-state index contributed by atoms with van der Waals surface area (Å²) >= 11 is 0. The van der Waals surface area contributed by atoms with Crippen LogP contribution in [-0.4, -0.2) is 25.7 Å². The zero-order chi connectivity index (χ0) is 14.9. The molecule has 1 aromatic rings. The lowest BCUT2D eigenvalue weighted by atomic mass is 10.1. The SMILES string of the molecule is CCCCCCCCC1N=C(c2ccc(OC)cc2)CO1. The molecule has 0 N–H and O–H groups in total. The van der Waals surface area contributed by atoms with Gasteiger partial charge in [-0.3, -0.25) is 4.99 Å². The van der Waals surface area contributed by atoms with Crippen molar-refractivity contribution in [1.82, 2.24) is 0 Å². The molecule has 3 heteroatoms. The molecule has 1 aromatic carbocycles. The van der Waals surface area contributed by atoms with Crippen molar-refractivity contribution in [1.29, 1.82) is 0 Å². The fourth-order valence-electron chi connectivity index (χ4n) is 2.61. The summed E-state index contributed by atoms with van der Waals surface area (Å²) in [7, 11) is 1.68. The topological polar surface area (TPSA) is 30.8 Å². The van der Waals surface area contributed by atoms with Gasteiger partial charge in [0.25, 0.3) is 0 Å². The van der Waals surface area contributed by atoms with E-state index in [1.165, 1.54) is 38.5 Å². The van der Waals surface area contributed by atoms with E-state index in [4.69, 9.17) is 14.5 Å². The summed E-state index contributed by atoms with van der Waals surface area (Å²) in [5, 5.41) is 0. The molecule has 0 saturated heterocycles. The average molecular weight is 289 g/mol. The molecule has 1 aliphatic rings. The smallest absolute Gasteiger partial charge is 0.149 e. The van der Waals surface area contributed by atoms with E-state index < -0.39 is 0 Å². The van der Waals surface area contributed by atoms with Gasteiger partial charge < -0.3 is 9.47 Å². The minimum Gasteiger partial charge on any atom is -0.497 e. The Balaban J connectivity index is 1.73. The summed E-state index contributed by atoms with van der Waals surface area (Å²) < 4.78 is 10.9. The highest BCUT2D eigenvalue weighted by atomic mass is 16.5. The number of unbranched alkanes of at least 4 members (excludes halogenated alkanes) is 5. The summed E-state index contributed by atoms with van der Waals surface area (Å²) in [4.78, 5) is 4.70. The second-order valence-corrected chi connectivity index (χ2v) is 5.63. The van der Waals surface area contributed by atoms with Gasteiger partial charge in [-0.15, -0.1) is 0 Å². The normalized spacial score (nSPS) is 17.8. The second kappa shape index (κ2) is 8.83. The molecule has 0 aromatic heterocycles. The van der Waals surface area contributed by atoms with Crippen LogP contribution in [0.25, 0.3) is 0 Å². The van der Waals surface area contributed by atoms with Crippen molar-refractivity contribution < 1.29 is 9.47 Å². The summed E-state index contributed by atoms with van der Waals surface area (Å²) in [5.41, 5.74) is 2.20. The monoisotopic (exact) mass is 289 g/mol. The summed E-state index contributed by atoms with van der Waals surface area (Å²) in [6.45, 7) is 2.88. The third kappa shape index (κ3) is 5.16. The van der Waals surface area contributed by atoms with Crippen molar-refractivity contribution in [3.8, 4) is 5.75 Å². The molecule has 0 saturated carbocycles. The Bertz CT molecular complexity index is 439. The van der Waals surface area contributed by atoms with E-state index in [-0.39, 0.29) is 6.23 Å².